The molecule has 0 aliphatic rings. The van der Waals surface area contributed by atoms with Crippen LogP contribution in [-0.2, 0) is 0 Å². The van der Waals surface area contributed by atoms with E-state index < -0.39 is 5.97 Å². The molecule has 5 nitrogen and oxygen atoms in total. The van der Waals surface area contributed by atoms with Crippen LogP contribution < -0.4 is 4.90 Å². The molecule has 0 amide bonds. The minimum Gasteiger partial charge on any atom is -0.478 e. The molecule has 92 valence electrons. The number of hydrogen-bond donors (Lipinski definition) is 1. The quantitative estimate of drug-likeness (QED) is 0.862. The number of nitrogens with zero attached hydrogens (tertiary/aromatic N) is 3. The van der Waals surface area contributed by atoms with E-state index in [9.17, 15) is 4.79 Å². The summed E-state index contributed by atoms with van der Waals surface area (Å²) in [5.74, 6) is -0.590. The Hall–Kier alpha value is -2.14. The molecule has 2 aromatic heterocycles. The van der Waals surface area contributed by atoms with Crippen LogP contribution in [0, 0.1) is 0 Å². The zero-order chi connectivity index (χ0) is 13.1. The Kier molecular flexibility index (Phi) is 3.43. The lowest BCUT2D eigenvalue weighted by atomic mass is 10.2. The van der Waals surface area contributed by atoms with Gasteiger partial charge in [0.1, 0.15) is 11.0 Å². The van der Waals surface area contributed by atoms with Gasteiger partial charge in [-0.15, -0.1) is 0 Å². The van der Waals surface area contributed by atoms with Crippen molar-refractivity contribution in [2.75, 3.05) is 11.9 Å². The highest BCUT2D eigenvalue weighted by Gasteiger charge is 2.11. The van der Waals surface area contributed by atoms with E-state index >= 15 is 0 Å². The van der Waals surface area contributed by atoms with E-state index in [0.717, 1.165) is 5.69 Å². The van der Waals surface area contributed by atoms with Crippen molar-refractivity contribution >= 4 is 29.1 Å². The summed E-state index contributed by atoms with van der Waals surface area (Å²) in [5.41, 5.74) is 0.893. The molecule has 0 saturated carbocycles. The summed E-state index contributed by atoms with van der Waals surface area (Å²) in [6, 6.07) is 6.40. The van der Waals surface area contributed by atoms with Gasteiger partial charge in [-0.25, -0.2) is 9.78 Å². The fraction of sp³-hybridized carbons (Fsp3) is 0.0833. The number of carboxylic acid groups (broad SMARTS) is 1. The topological polar surface area (TPSA) is 66.3 Å². The monoisotopic (exact) mass is 263 g/mol. The minimum absolute atomic E-state index is 0.0979. The molecular weight excluding hydrogens is 254 g/mol. The van der Waals surface area contributed by atoms with Crippen molar-refractivity contribution in [2.45, 2.75) is 0 Å². The fourth-order valence-corrected chi connectivity index (χ4v) is 1.67. The number of carbonyl (C=O) groups is 1. The SMILES string of the molecule is CN(c1cccnc1)c1cc(C(=O)O)cc(Cl)n1. The Balaban J connectivity index is 2.42. The Bertz CT molecular complexity index is 575. The second kappa shape index (κ2) is 5.01. The number of carboxylic acids is 1. The second-order valence-corrected chi connectivity index (χ2v) is 4.00. The van der Waals surface area contributed by atoms with Gasteiger partial charge in [0.05, 0.1) is 17.4 Å². The van der Waals surface area contributed by atoms with Crippen LogP contribution in [0.2, 0.25) is 5.15 Å². The molecule has 0 bridgehead atoms. The number of aromatic carboxylic acids is 1. The average Bonchev–Trinajstić information content (AvgIpc) is 2.38. The zero-order valence-electron chi connectivity index (χ0n) is 9.54. The lowest BCUT2D eigenvalue weighted by molar-refractivity contribution is 0.0697. The van der Waals surface area contributed by atoms with Gasteiger partial charge >= 0.3 is 5.97 Å². The first-order valence-corrected chi connectivity index (χ1v) is 5.50. The van der Waals surface area contributed by atoms with Crippen LogP contribution in [0.15, 0.2) is 36.7 Å². The van der Waals surface area contributed by atoms with Gasteiger partial charge in [0.2, 0.25) is 0 Å². The van der Waals surface area contributed by atoms with E-state index in [1.807, 2.05) is 6.07 Å². The van der Waals surface area contributed by atoms with E-state index in [4.69, 9.17) is 16.7 Å². The van der Waals surface area contributed by atoms with Crippen molar-refractivity contribution in [3.05, 3.63) is 47.4 Å². The lowest BCUT2D eigenvalue weighted by Gasteiger charge is -2.18. The molecular formula is C12H10ClN3O2. The highest BCUT2D eigenvalue weighted by Crippen LogP contribution is 2.23. The summed E-state index contributed by atoms with van der Waals surface area (Å²) in [4.78, 5) is 20.7. The van der Waals surface area contributed by atoms with Crippen molar-refractivity contribution in [2.24, 2.45) is 0 Å². The molecule has 1 N–H and O–H groups in total. The van der Waals surface area contributed by atoms with Crippen molar-refractivity contribution in [1.82, 2.24) is 9.97 Å². The molecule has 0 fully saturated rings. The third kappa shape index (κ3) is 2.57. The smallest absolute Gasteiger partial charge is 0.335 e. The first kappa shape index (κ1) is 12.3. The van der Waals surface area contributed by atoms with Gasteiger partial charge < -0.3 is 10.0 Å². The fourth-order valence-electron chi connectivity index (χ4n) is 1.46. The van der Waals surface area contributed by atoms with Gasteiger partial charge in [-0.1, -0.05) is 11.6 Å². The minimum atomic E-state index is -1.04. The van der Waals surface area contributed by atoms with Gasteiger partial charge in [0.15, 0.2) is 0 Å². The van der Waals surface area contributed by atoms with E-state index in [1.165, 1.54) is 12.1 Å². The Labute approximate surface area is 109 Å². The van der Waals surface area contributed by atoms with E-state index in [1.54, 1.807) is 30.4 Å². The molecule has 2 aromatic rings. The Morgan fingerprint density at radius 1 is 1.44 bits per heavy atom. The van der Waals surface area contributed by atoms with Crippen LogP contribution >= 0.6 is 11.6 Å². The van der Waals surface area contributed by atoms with Crippen LogP contribution in [0.25, 0.3) is 0 Å². The Morgan fingerprint density at radius 3 is 2.83 bits per heavy atom. The number of aromatic nitrogens is 2. The largest absolute Gasteiger partial charge is 0.478 e. The maximum absolute atomic E-state index is 10.9. The molecule has 0 unspecified atom stereocenters. The zero-order valence-corrected chi connectivity index (χ0v) is 10.3. The number of hydrogen-bond acceptors (Lipinski definition) is 4. The molecule has 0 radical (unpaired) electrons. The van der Waals surface area contributed by atoms with Crippen molar-refractivity contribution < 1.29 is 9.90 Å². The number of pyridine rings is 2. The maximum atomic E-state index is 10.9. The summed E-state index contributed by atoms with van der Waals surface area (Å²) < 4.78 is 0. The molecule has 0 atom stereocenters. The van der Waals surface area contributed by atoms with Gasteiger partial charge in [-0.3, -0.25) is 4.98 Å². The summed E-state index contributed by atoms with van der Waals surface area (Å²) in [6.07, 6.45) is 3.31. The predicted octanol–water partition coefficient (Wildman–Crippen LogP) is 2.60. The van der Waals surface area contributed by atoms with Gasteiger partial charge in [0.25, 0.3) is 0 Å². The van der Waals surface area contributed by atoms with Crippen LogP contribution in [0.3, 0.4) is 0 Å². The normalized spacial score (nSPS) is 10.1. The molecule has 2 rings (SSSR count). The molecule has 0 aliphatic heterocycles. The molecule has 0 aromatic carbocycles. The van der Waals surface area contributed by atoms with Crippen molar-refractivity contribution in [1.29, 1.82) is 0 Å². The summed E-state index contributed by atoms with van der Waals surface area (Å²) in [7, 11) is 1.77. The van der Waals surface area contributed by atoms with E-state index in [-0.39, 0.29) is 10.7 Å². The average molecular weight is 264 g/mol. The van der Waals surface area contributed by atoms with Gasteiger partial charge in [-0.05, 0) is 24.3 Å². The van der Waals surface area contributed by atoms with E-state index in [2.05, 4.69) is 9.97 Å². The number of halogens is 1. The highest BCUT2D eigenvalue weighted by molar-refractivity contribution is 6.29. The molecule has 6 heteroatoms. The van der Waals surface area contributed by atoms with E-state index in [0.29, 0.717) is 5.82 Å². The summed E-state index contributed by atoms with van der Waals surface area (Å²) >= 11 is 5.81. The third-order valence-corrected chi connectivity index (χ3v) is 2.60. The second-order valence-electron chi connectivity index (χ2n) is 3.61. The van der Waals surface area contributed by atoms with Crippen LogP contribution in [0.5, 0.6) is 0 Å². The van der Waals surface area contributed by atoms with Crippen LogP contribution in [-0.4, -0.2) is 28.1 Å². The number of anilines is 2. The molecule has 0 spiro atoms. The summed E-state index contributed by atoms with van der Waals surface area (Å²) in [6.45, 7) is 0. The van der Waals surface area contributed by atoms with Crippen LogP contribution in [0.4, 0.5) is 11.5 Å². The van der Waals surface area contributed by atoms with Crippen LogP contribution in [0.1, 0.15) is 10.4 Å². The standard InChI is InChI=1S/C12H10ClN3O2/c1-16(9-3-2-4-14-7-9)11-6-8(12(17)18)5-10(13)15-11/h2-7H,1H3,(H,17,18). The van der Waals surface area contributed by atoms with Gasteiger partial charge in [0, 0.05) is 13.2 Å². The Morgan fingerprint density at radius 2 is 2.22 bits per heavy atom. The molecule has 0 aliphatic carbocycles. The lowest BCUT2D eigenvalue weighted by Crippen LogP contribution is -2.12. The highest BCUT2D eigenvalue weighted by atomic mass is 35.5. The molecule has 0 saturated heterocycles. The van der Waals surface area contributed by atoms with Gasteiger partial charge in [-0.2, -0.15) is 0 Å². The maximum Gasteiger partial charge on any atom is 0.335 e. The van der Waals surface area contributed by atoms with Crippen molar-refractivity contribution in [3.8, 4) is 0 Å². The third-order valence-electron chi connectivity index (χ3n) is 2.40. The number of rotatable bonds is 3. The molecule has 18 heavy (non-hydrogen) atoms. The summed E-state index contributed by atoms with van der Waals surface area (Å²) in [5, 5.41) is 9.11. The first-order valence-electron chi connectivity index (χ1n) is 5.12. The predicted molar refractivity (Wildman–Crippen MR) is 68.5 cm³/mol. The first-order chi connectivity index (χ1) is 8.58. The van der Waals surface area contributed by atoms with Crippen molar-refractivity contribution in [3.63, 3.8) is 0 Å². The molecule has 2 heterocycles.